The Morgan fingerprint density at radius 2 is 2.17 bits per heavy atom. The van der Waals surface area contributed by atoms with E-state index in [0.29, 0.717) is 17.8 Å². The lowest BCUT2D eigenvalue weighted by atomic mass is 9.92. The number of H-pyrrole nitrogens is 1. The first-order chi connectivity index (χ1) is 11.6. The molecule has 0 bridgehead atoms. The second-order valence-electron chi connectivity index (χ2n) is 6.74. The van der Waals surface area contributed by atoms with E-state index in [1.54, 1.807) is 6.20 Å². The first kappa shape index (κ1) is 15.1. The number of fused-ring (bicyclic) bond motifs is 1. The minimum atomic E-state index is -0.267. The molecule has 1 saturated carbocycles. The second kappa shape index (κ2) is 5.91. The van der Waals surface area contributed by atoms with Gasteiger partial charge < -0.3 is 14.7 Å². The van der Waals surface area contributed by atoms with Gasteiger partial charge in [-0.05, 0) is 56.2 Å². The Kier molecular flexibility index (Phi) is 3.73. The Morgan fingerprint density at radius 3 is 3.00 bits per heavy atom. The first-order valence-electron chi connectivity index (χ1n) is 8.47. The fourth-order valence-corrected chi connectivity index (χ4v) is 3.70. The molecule has 2 heterocycles. The van der Waals surface area contributed by atoms with Crippen LogP contribution >= 0.6 is 0 Å². The number of pyridine rings is 1. The summed E-state index contributed by atoms with van der Waals surface area (Å²) in [5.74, 6) is 0.679. The number of imidazole rings is 1. The maximum atomic E-state index is 12.6. The van der Waals surface area contributed by atoms with Crippen molar-refractivity contribution in [2.75, 3.05) is 0 Å². The molecule has 124 valence electrons. The third kappa shape index (κ3) is 2.65. The van der Waals surface area contributed by atoms with Crippen LogP contribution in [0, 0.1) is 6.92 Å². The van der Waals surface area contributed by atoms with Gasteiger partial charge in [0.25, 0.3) is 5.56 Å². The number of aromatic nitrogens is 3. The summed E-state index contributed by atoms with van der Waals surface area (Å²) in [6, 6.07) is 8.09. The van der Waals surface area contributed by atoms with Gasteiger partial charge in [0.2, 0.25) is 0 Å². The van der Waals surface area contributed by atoms with Crippen LogP contribution in [-0.4, -0.2) is 25.7 Å². The van der Waals surface area contributed by atoms with Crippen LogP contribution in [0.3, 0.4) is 0 Å². The molecule has 2 N–H and O–H groups in total. The van der Waals surface area contributed by atoms with Crippen molar-refractivity contribution in [3.63, 3.8) is 0 Å². The van der Waals surface area contributed by atoms with Crippen LogP contribution in [0.15, 0.2) is 41.5 Å². The molecule has 1 fully saturated rings. The summed E-state index contributed by atoms with van der Waals surface area (Å²) < 4.78 is 2.05. The highest BCUT2D eigenvalue weighted by atomic mass is 16.3. The highest BCUT2D eigenvalue weighted by molar-refractivity contribution is 5.83. The molecule has 5 heteroatoms. The van der Waals surface area contributed by atoms with Crippen molar-refractivity contribution in [3.05, 3.63) is 52.6 Å². The number of hydrogen-bond acceptors (Lipinski definition) is 3. The van der Waals surface area contributed by atoms with Gasteiger partial charge in [0.05, 0.1) is 11.7 Å². The van der Waals surface area contributed by atoms with E-state index in [0.717, 1.165) is 35.7 Å². The molecule has 2 aromatic heterocycles. The average Bonchev–Trinajstić information content (AvgIpc) is 3.04. The fourth-order valence-electron chi connectivity index (χ4n) is 3.70. The van der Waals surface area contributed by atoms with Crippen molar-refractivity contribution >= 4 is 10.9 Å². The molecular formula is C19H21N3O2. The molecule has 24 heavy (non-hydrogen) atoms. The van der Waals surface area contributed by atoms with Gasteiger partial charge in [-0.1, -0.05) is 11.6 Å². The van der Waals surface area contributed by atoms with Crippen molar-refractivity contribution in [1.29, 1.82) is 0 Å². The normalized spacial score (nSPS) is 21.2. The standard InChI is InChI=1S/C19H21N3O2/c1-12-5-6-17-13(9-12)10-16(19(24)21-17)18-20-7-8-22(18)14-3-2-4-15(23)11-14/h5-10,14-15,23H,2-4,11H2,1H3,(H,21,24)/t14-,15+/m0/s1. The SMILES string of the molecule is Cc1ccc2[nH]c(=O)c(-c3nccn3[C@H]3CCC[C@@H](O)C3)cc2c1. The Balaban J connectivity index is 1.82. The quantitative estimate of drug-likeness (QED) is 0.761. The molecule has 0 spiro atoms. The number of rotatable bonds is 2. The van der Waals surface area contributed by atoms with E-state index in [-0.39, 0.29) is 17.7 Å². The molecule has 1 aromatic carbocycles. The van der Waals surface area contributed by atoms with E-state index >= 15 is 0 Å². The minimum absolute atomic E-state index is 0.129. The number of aryl methyl sites for hydroxylation is 1. The van der Waals surface area contributed by atoms with Gasteiger partial charge in [-0.25, -0.2) is 4.98 Å². The third-order valence-corrected chi connectivity index (χ3v) is 4.92. The Labute approximate surface area is 140 Å². The number of aliphatic hydroxyl groups excluding tert-OH is 1. The van der Waals surface area contributed by atoms with Crippen LogP contribution in [0.5, 0.6) is 0 Å². The van der Waals surface area contributed by atoms with Crippen LogP contribution < -0.4 is 5.56 Å². The maximum absolute atomic E-state index is 12.6. The van der Waals surface area contributed by atoms with E-state index in [1.807, 2.05) is 31.3 Å². The van der Waals surface area contributed by atoms with Crippen molar-refractivity contribution in [1.82, 2.24) is 14.5 Å². The van der Waals surface area contributed by atoms with Crippen LogP contribution in [0.1, 0.15) is 37.3 Å². The molecule has 1 aliphatic rings. The second-order valence-corrected chi connectivity index (χ2v) is 6.74. The largest absolute Gasteiger partial charge is 0.393 e. The summed E-state index contributed by atoms with van der Waals surface area (Å²) in [7, 11) is 0. The third-order valence-electron chi connectivity index (χ3n) is 4.92. The highest BCUT2D eigenvalue weighted by Gasteiger charge is 2.24. The fraction of sp³-hybridized carbons (Fsp3) is 0.368. The van der Waals surface area contributed by atoms with Gasteiger partial charge in [-0.15, -0.1) is 0 Å². The zero-order valence-corrected chi connectivity index (χ0v) is 13.7. The van der Waals surface area contributed by atoms with Crippen molar-refractivity contribution < 1.29 is 5.11 Å². The minimum Gasteiger partial charge on any atom is -0.393 e. The molecular weight excluding hydrogens is 302 g/mol. The van der Waals surface area contributed by atoms with Crippen LogP contribution in [0.2, 0.25) is 0 Å². The van der Waals surface area contributed by atoms with Gasteiger partial charge in [0.15, 0.2) is 0 Å². The smallest absolute Gasteiger partial charge is 0.259 e. The molecule has 4 rings (SSSR count). The molecule has 3 aromatic rings. The number of aliphatic hydroxyl groups is 1. The predicted octanol–water partition coefficient (Wildman–Crippen LogP) is 3.18. The highest BCUT2D eigenvalue weighted by Crippen LogP contribution is 2.31. The lowest BCUT2D eigenvalue weighted by molar-refractivity contribution is 0.104. The van der Waals surface area contributed by atoms with Crippen molar-refractivity contribution in [2.24, 2.45) is 0 Å². The Bertz CT molecular complexity index is 941. The van der Waals surface area contributed by atoms with E-state index in [4.69, 9.17) is 0 Å². The maximum Gasteiger partial charge on any atom is 0.259 e. The summed E-state index contributed by atoms with van der Waals surface area (Å²) in [5, 5.41) is 11.0. The Hall–Kier alpha value is -2.40. The topological polar surface area (TPSA) is 70.9 Å². The number of aromatic amines is 1. The van der Waals surface area contributed by atoms with E-state index in [9.17, 15) is 9.90 Å². The molecule has 0 saturated heterocycles. The predicted molar refractivity (Wildman–Crippen MR) is 94.0 cm³/mol. The van der Waals surface area contributed by atoms with Gasteiger partial charge in [-0.3, -0.25) is 4.79 Å². The zero-order chi connectivity index (χ0) is 16.7. The molecule has 0 radical (unpaired) electrons. The van der Waals surface area contributed by atoms with E-state index in [1.165, 1.54) is 0 Å². The molecule has 5 nitrogen and oxygen atoms in total. The van der Waals surface area contributed by atoms with E-state index < -0.39 is 0 Å². The summed E-state index contributed by atoms with van der Waals surface area (Å²) in [4.78, 5) is 20.0. The lowest BCUT2D eigenvalue weighted by Crippen LogP contribution is -2.23. The zero-order valence-electron chi connectivity index (χ0n) is 13.7. The summed E-state index contributed by atoms with van der Waals surface area (Å²) in [6.45, 7) is 2.04. The van der Waals surface area contributed by atoms with Crippen LogP contribution in [0.25, 0.3) is 22.3 Å². The van der Waals surface area contributed by atoms with E-state index in [2.05, 4.69) is 20.6 Å². The first-order valence-corrected chi connectivity index (χ1v) is 8.47. The summed E-state index contributed by atoms with van der Waals surface area (Å²) in [6.07, 6.45) is 6.96. The van der Waals surface area contributed by atoms with Gasteiger partial charge in [0, 0.05) is 24.0 Å². The van der Waals surface area contributed by atoms with Gasteiger partial charge >= 0.3 is 0 Å². The molecule has 0 aliphatic heterocycles. The molecule has 0 unspecified atom stereocenters. The lowest BCUT2D eigenvalue weighted by Gasteiger charge is -2.28. The van der Waals surface area contributed by atoms with Gasteiger partial charge in [0.1, 0.15) is 5.82 Å². The van der Waals surface area contributed by atoms with Crippen LogP contribution in [0.4, 0.5) is 0 Å². The van der Waals surface area contributed by atoms with Gasteiger partial charge in [-0.2, -0.15) is 0 Å². The molecule has 2 atom stereocenters. The molecule has 0 amide bonds. The van der Waals surface area contributed by atoms with Crippen LogP contribution in [-0.2, 0) is 0 Å². The number of nitrogens with zero attached hydrogens (tertiary/aromatic N) is 2. The molecule has 1 aliphatic carbocycles. The summed E-state index contributed by atoms with van der Waals surface area (Å²) in [5.41, 5.74) is 2.44. The van der Waals surface area contributed by atoms with Crippen molar-refractivity contribution in [3.8, 4) is 11.4 Å². The Morgan fingerprint density at radius 1 is 1.29 bits per heavy atom. The number of hydrogen-bond donors (Lipinski definition) is 2. The average molecular weight is 323 g/mol. The number of benzene rings is 1. The summed E-state index contributed by atoms with van der Waals surface area (Å²) >= 11 is 0. The monoisotopic (exact) mass is 323 g/mol. The number of nitrogens with one attached hydrogen (secondary N) is 1. The van der Waals surface area contributed by atoms with Crippen molar-refractivity contribution in [2.45, 2.75) is 44.8 Å².